The Labute approximate surface area is 108 Å². The Morgan fingerprint density at radius 1 is 0.824 bits per heavy atom. The van der Waals surface area contributed by atoms with Crippen LogP contribution in [0, 0.1) is 0 Å². The lowest BCUT2D eigenvalue weighted by atomic mass is 9.91. The van der Waals surface area contributed by atoms with E-state index in [1.807, 2.05) is 0 Å². The van der Waals surface area contributed by atoms with Gasteiger partial charge in [-0.25, -0.2) is 4.31 Å². The molecule has 4 nitrogen and oxygen atoms in total. The fourth-order valence-electron chi connectivity index (χ4n) is 3.14. The molecule has 0 N–H and O–H groups in total. The standard InChI is InChI=1S/C12H23NO3S/c14-15-16-17-13(11-7-3-1-4-8-11)12-9-5-2-6-10-12/h11-12,14H,1-10H2/p-1. The molecule has 0 aromatic rings. The highest BCUT2D eigenvalue weighted by molar-refractivity contribution is 7.92. The quantitative estimate of drug-likeness (QED) is 0.329. The number of hydrogen-bond donors (Lipinski definition) is 0. The third-order valence-corrected chi connectivity index (χ3v) is 4.90. The Hall–Kier alpha value is 0.190. The Morgan fingerprint density at radius 3 is 1.71 bits per heavy atom. The van der Waals surface area contributed by atoms with Crippen LogP contribution in [-0.2, 0) is 9.37 Å². The fraction of sp³-hybridized carbons (Fsp3) is 1.00. The van der Waals surface area contributed by atoms with Gasteiger partial charge >= 0.3 is 0 Å². The number of nitrogens with zero attached hydrogens (tertiary/aromatic N) is 1. The van der Waals surface area contributed by atoms with Crippen LogP contribution < -0.4 is 5.26 Å². The minimum absolute atomic E-state index is 0.562. The molecule has 0 atom stereocenters. The molecule has 2 aliphatic carbocycles. The molecule has 0 aromatic carbocycles. The Bertz CT molecular complexity index is 188. The third-order valence-electron chi connectivity index (χ3n) is 4.01. The number of rotatable bonds is 5. The van der Waals surface area contributed by atoms with E-state index in [1.165, 1.54) is 64.2 Å². The van der Waals surface area contributed by atoms with Crippen molar-refractivity contribution in [2.24, 2.45) is 0 Å². The molecule has 5 heteroatoms. The maximum absolute atomic E-state index is 10.0. The molecule has 0 unspecified atom stereocenters. The monoisotopic (exact) mass is 260 g/mol. The van der Waals surface area contributed by atoms with Crippen LogP contribution in [0.5, 0.6) is 0 Å². The Morgan fingerprint density at radius 2 is 1.29 bits per heavy atom. The minimum atomic E-state index is 0.562. The predicted molar refractivity (Wildman–Crippen MR) is 65.3 cm³/mol. The van der Waals surface area contributed by atoms with Gasteiger partial charge in [0.15, 0.2) is 0 Å². The summed E-state index contributed by atoms with van der Waals surface area (Å²) in [5, 5.41) is 13.6. The molecule has 0 radical (unpaired) electrons. The van der Waals surface area contributed by atoms with Gasteiger partial charge in [0, 0.05) is 12.1 Å². The first-order valence-electron chi connectivity index (χ1n) is 6.83. The van der Waals surface area contributed by atoms with Crippen LogP contribution in [0.15, 0.2) is 0 Å². The lowest BCUT2D eigenvalue weighted by molar-refractivity contribution is -0.777. The zero-order valence-corrected chi connectivity index (χ0v) is 11.1. The molecular formula is C12H22NO3S-. The second-order valence-electron chi connectivity index (χ2n) is 5.15. The van der Waals surface area contributed by atoms with Crippen molar-refractivity contribution in [2.45, 2.75) is 76.3 Å². The van der Waals surface area contributed by atoms with Crippen LogP contribution in [0.2, 0.25) is 0 Å². The highest BCUT2D eigenvalue weighted by atomic mass is 32.2. The van der Waals surface area contributed by atoms with Crippen molar-refractivity contribution in [1.82, 2.24) is 4.31 Å². The first-order valence-corrected chi connectivity index (χ1v) is 7.53. The SMILES string of the molecule is [O-]OOSN(C1CCCCC1)C1CCCCC1. The van der Waals surface area contributed by atoms with Gasteiger partial charge in [0.05, 0.1) is 0 Å². The molecular weight excluding hydrogens is 238 g/mol. The van der Waals surface area contributed by atoms with E-state index >= 15 is 0 Å². The maximum atomic E-state index is 10.0. The average Bonchev–Trinajstić information content (AvgIpc) is 2.42. The summed E-state index contributed by atoms with van der Waals surface area (Å²) in [5.41, 5.74) is 0. The van der Waals surface area contributed by atoms with Gasteiger partial charge in [0.1, 0.15) is 12.2 Å². The van der Waals surface area contributed by atoms with Crippen LogP contribution in [0.25, 0.3) is 0 Å². The molecule has 2 fully saturated rings. The van der Waals surface area contributed by atoms with Crippen molar-refractivity contribution in [1.29, 1.82) is 0 Å². The third kappa shape index (κ3) is 4.10. The summed E-state index contributed by atoms with van der Waals surface area (Å²) in [5.74, 6) is 0. The van der Waals surface area contributed by atoms with Gasteiger partial charge in [-0.05, 0) is 25.7 Å². The summed E-state index contributed by atoms with van der Waals surface area (Å²) >= 11 is 1.13. The van der Waals surface area contributed by atoms with Gasteiger partial charge in [-0.3, -0.25) is 5.04 Å². The Kier molecular flexibility index (Phi) is 6.08. The van der Waals surface area contributed by atoms with Crippen LogP contribution in [-0.4, -0.2) is 16.4 Å². The zero-order chi connectivity index (χ0) is 11.9. The summed E-state index contributed by atoms with van der Waals surface area (Å²) in [6.07, 6.45) is 12.8. The largest absolute Gasteiger partial charge is 0.691 e. The molecule has 0 saturated heterocycles. The van der Waals surface area contributed by atoms with E-state index in [0.717, 1.165) is 12.2 Å². The van der Waals surface area contributed by atoms with E-state index in [4.69, 9.17) is 0 Å². The molecule has 2 saturated carbocycles. The molecule has 17 heavy (non-hydrogen) atoms. The molecule has 0 aromatic heterocycles. The van der Waals surface area contributed by atoms with E-state index in [-0.39, 0.29) is 0 Å². The van der Waals surface area contributed by atoms with E-state index in [9.17, 15) is 5.26 Å². The van der Waals surface area contributed by atoms with E-state index in [0.29, 0.717) is 12.1 Å². The Balaban J connectivity index is 1.90. The minimum Gasteiger partial charge on any atom is -0.691 e. The van der Waals surface area contributed by atoms with Crippen LogP contribution in [0.3, 0.4) is 0 Å². The molecule has 0 heterocycles. The molecule has 0 bridgehead atoms. The van der Waals surface area contributed by atoms with Crippen molar-refractivity contribution in [3.05, 3.63) is 0 Å². The molecule has 2 rings (SSSR count). The highest BCUT2D eigenvalue weighted by Crippen LogP contribution is 2.34. The molecule has 2 aliphatic rings. The summed E-state index contributed by atoms with van der Waals surface area (Å²) in [7, 11) is 0. The molecule has 0 aliphatic heterocycles. The van der Waals surface area contributed by atoms with Crippen molar-refractivity contribution in [3.8, 4) is 0 Å². The van der Waals surface area contributed by atoms with Gasteiger partial charge < -0.3 is 5.26 Å². The van der Waals surface area contributed by atoms with Gasteiger partial charge in [-0.2, -0.15) is 4.33 Å². The average molecular weight is 260 g/mol. The summed E-state index contributed by atoms with van der Waals surface area (Å²) in [6, 6.07) is 1.12. The fourth-order valence-corrected chi connectivity index (χ4v) is 3.90. The lowest BCUT2D eigenvalue weighted by Gasteiger charge is -2.39. The molecule has 0 spiro atoms. The van der Waals surface area contributed by atoms with Crippen LogP contribution in [0.1, 0.15) is 64.2 Å². The van der Waals surface area contributed by atoms with Crippen LogP contribution >= 0.6 is 12.2 Å². The van der Waals surface area contributed by atoms with Gasteiger partial charge in [0.25, 0.3) is 0 Å². The van der Waals surface area contributed by atoms with Gasteiger partial charge in [-0.15, -0.1) is 0 Å². The summed E-state index contributed by atoms with van der Waals surface area (Å²) in [6.45, 7) is 0. The second-order valence-corrected chi connectivity index (χ2v) is 5.86. The van der Waals surface area contributed by atoms with E-state index in [1.54, 1.807) is 0 Å². The van der Waals surface area contributed by atoms with Crippen molar-refractivity contribution < 1.29 is 14.6 Å². The van der Waals surface area contributed by atoms with Crippen molar-refractivity contribution in [2.75, 3.05) is 0 Å². The van der Waals surface area contributed by atoms with Crippen molar-refractivity contribution in [3.63, 3.8) is 0 Å². The first kappa shape index (κ1) is 13.6. The van der Waals surface area contributed by atoms with Crippen molar-refractivity contribution >= 4 is 12.2 Å². The van der Waals surface area contributed by atoms with Gasteiger partial charge in [0.2, 0.25) is 0 Å². The normalized spacial score (nSPS) is 24.4. The van der Waals surface area contributed by atoms with E-state index in [2.05, 4.69) is 13.7 Å². The van der Waals surface area contributed by atoms with E-state index < -0.39 is 0 Å². The zero-order valence-electron chi connectivity index (χ0n) is 10.3. The number of hydrogen-bond acceptors (Lipinski definition) is 5. The highest BCUT2D eigenvalue weighted by Gasteiger charge is 2.30. The predicted octanol–water partition coefficient (Wildman–Crippen LogP) is 2.74. The molecule has 0 amide bonds. The topological polar surface area (TPSA) is 44.8 Å². The van der Waals surface area contributed by atoms with Crippen LogP contribution in [0.4, 0.5) is 0 Å². The first-order chi connectivity index (χ1) is 8.42. The smallest absolute Gasteiger partial charge is 0.120 e. The lowest BCUT2D eigenvalue weighted by Crippen LogP contribution is -2.40. The van der Waals surface area contributed by atoms with Gasteiger partial charge in [-0.1, -0.05) is 38.5 Å². The summed E-state index contributed by atoms with van der Waals surface area (Å²) in [4.78, 5) is 0. The molecule has 100 valence electrons. The second kappa shape index (κ2) is 7.59. The summed E-state index contributed by atoms with van der Waals surface area (Å²) < 4.78 is 6.89. The maximum Gasteiger partial charge on any atom is 0.120 e.